The number of amides is 2. The molecule has 0 fully saturated rings. The third kappa shape index (κ3) is 4.85. The molecule has 2 rings (SSSR count). The molecule has 7 nitrogen and oxygen atoms in total. The average molecular weight is 346 g/mol. The van der Waals surface area contributed by atoms with E-state index in [9.17, 15) is 9.59 Å². The first kappa shape index (κ1) is 17.6. The van der Waals surface area contributed by atoms with Crippen LogP contribution in [-0.2, 0) is 4.79 Å². The highest BCUT2D eigenvalue weighted by atomic mass is 35.5. The Bertz CT molecular complexity index is 777. The molecule has 0 spiro atoms. The van der Waals surface area contributed by atoms with Gasteiger partial charge in [-0.15, -0.1) is 0 Å². The Kier molecular flexibility index (Phi) is 5.97. The summed E-state index contributed by atoms with van der Waals surface area (Å²) in [6, 6.07) is 5.27. The molecule has 0 saturated heterocycles. The number of benzene rings is 1. The van der Waals surface area contributed by atoms with Crippen molar-refractivity contribution in [2.75, 3.05) is 5.32 Å². The first-order chi connectivity index (χ1) is 11.5. The van der Waals surface area contributed by atoms with Gasteiger partial charge in [0.25, 0.3) is 5.91 Å². The minimum Gasteiger partial charge on any atom is -0.325 e. The van der Waals surface area contributed by atoms with Crippen LogP contribution >= 0.6 is 11.6 Å². The lowest BCUT2D eigenvalue weighted by atomic mass is 10.2. The number of carbonyl (C=O) groups excluding carboxylic acids is 2. The molecule has 0 aliphatic rings. The molecule has 0 saturated carbocycles. The topological polar surface area (TPSA) is 96.3 Å². The van der Waals surface area contributed by atoms with Gasteiger partial charge in [-0.1, -0.05) is 17.7 Å². The second-order valence-corrected chi connectivity index (χ2v) is 5.42. The number of rotatable bonds is 5. The Balaban J connectivity index is 1.91. The Morgan fingerprint density at radius 2 is 2.08 bits per heavy atom. The van der Waals surface area contributed by atoms with Crippen LogP contribution in [0.1, 0.15) is 29.4 Å². The summed E-state index contributed by atoms with van der Waals surface area (Å²) in [5.74, 6) is -0.746. The number of halogens is 1. The van der Waals surface area contributed by atoms with Crippen LogP contribution < -0.4 is 10.7 Å². The second-order valence-electron chi connectivity index (χ2n) is 5.02. The number of hydrogen-bond acceptors (Lipinski definition) is 5. The van der Waals surface area contributed by atoms with Crippen LogP contribution in [0.3, 0.4) is 0 Å². The van der Waals surface area contributed by atoms with E-state index in [0.717, 1.165) is 5.56 Å². The third-order valence-electron chi connectivity index (χ3n) is 3.10. The van der Waals surface area contributed by atoms with E-state index in [4.69, 9.17) is 11.6 Å². The monoisotopic (exact) mass is 345 g/mol. The van der Waals surface area contributed by atoms with Gasteiger partial charge in [-0.25, -0.2) is 10.4 Å². The normalized spacial score (nSPS) is 11.0. The third-order valence-corrected chi connectivity index (χ3v) is 3.51. The van der Waals surface area contributed by atoms with Gasteiger partial charge >= 0.3 is 0 Å². The molecule has 24 heavy (non-hydrogen) atoms. The summed E-state index contributed by atoms with van der Waals surface area (Å²) in [7, 11) is 0. The van der Waals surface area contributed by atoms with E-state index in [2.05, 4.69) is 25.8 Å². The molecule has 2 N–H and O–H groups in total. The second kappa shape index (κ2) is 8.16. The first-order valence-electron chi connectivity index (χ1n) is 7.12. The van der Waals surface area contributed by atoms with E-state index in [0.29, 0.717) is 16.4 Å². The SMILES string of the molecule is CC(CC(=O)Nc1cccc(Cl)c1C)=NNC(=O)c1cnccn1. The molecule has 0 bridgehead atoms. The molecular weight excluding hydrogens is 330 g/mol. The molecule has 8 heteroatoms. The van der Waals surface area contributed by atoms with Crippen LogP contribution in [0, 0.1) is 6.92 Å². The molecule has 0 radical (unpaired) electrons. The van der Waals surface area contributed by atoms with Crippen molar-refractivity contribution in [2.24, 2.45) is 5.10 Å². The maximum atomic E-state index is 12.0. The fraction of sp³-hybridized carbons (Fsp3) is 0.188. The quantitative estimate of drug-likeness (QED) is 0.643. The summed E-state index contributed by atoms with van der Waals surface area (Å²) in [5, 5.41) is 7.22. The van der Waals surface area contributed by atoms with Gasteiger partial charge in [-0.05, 0) is 31.5 Å². The minimum atomic E-state index is -0.492. The van der Waals surface area contributed by atoms with Gasteiger partial charge < -0.3 is 5.32 Å². The molecule has 2 amide bonds. The maximum absolute atomic E-state index is 12.0. The molecule has 1 heterocycles. The van der Waals surface area contributed by atoms with Crippen molar-refractivity contribution in [3.05, 3.63) is 53.1 Å². The molecule has 0 aliphatic heterocycles. The predicted molar refractivity (Wildman–Crippen MR) is 92.0 cm³/mol. The van der Waals surface area contributed by atoms with Crippen LogP contribution in [0.25, 0.3) is 0 Å². The van der Waals surface area contributed by atoms with Crippen molar-refractivity contribution in [1.29, 1.82) is 0 Å². The zero-order valence-corrected chi connectivity index (χ0v) is 14.0. The van der Waals surface area contributed by atoms with Crippen LogP contribution in [-0.4, -0.2) is 27.5 Å². The van der Waals surface area contributed by atoms with Gasteiger partial charge in [0.05, 0.1) is 12.6 Å². The van der Waals surface area contributed by atoms with Crippen LogP contribution in [0.4, 0.5) is 5.69 Å². The van der Waals surface area contributed by atoms with Crippen LogP contribution in [0.5, 0.6) is 0 Å². The Hall–Kier alpha value is -2.80. The first-order valence-corrected chi connectivity index (χ1v) is 7.49. The number of carbonyl (C=O) groups is 2. The van der Waals surface area contributed by atoms with Crippen LogP contribution in [0.2, 0.25) is 5.02 Å². The van der Waals surface area contributed by atoms with Crippen LogP contribution in [0.15, 0.2) is 41.9 Å². The van der Waals surface area contributed by atoms with Gasteiger partial charge in [-0.3, -0.25) is 14.6 Å². The molecule has 0 unspecified atom stereocenters. The van der Waals surface area contributed by atoms with Gasteiger partial charge in [0, 0.05) is 28.8 Å². The van der Waals surface area contributed by atoms with E-state index in [-0.39, 0.29) is 18.0 Å². The summed E-state index contributed by atoms with van der Waals surface area (Å²) >= 11 is 6.01. The summed E-state index contributed by atoms with van der Waals surface area (Å²) in [5.41, 5.74) is 4.36. The lowest BCUT2D eigenvalue weighted by Gasteiger charge is -2.09. The van der Waals surface area contributed by atoms with Crippen molar-refractivity contribution in [3.63, 3.8) is 0 Å². The molecule has 0 aliphatic carbocycles. The Morgan fingerprint density at radius 1 is 1.29 bits per heavy atom. The molecule has 0 atom stereocenters. The molecule has 2 aromatic rings. The summed E-state index contributed by atoms with van der Waals surface area (Å²) in [6.07, 6.45) is 4.24. The van der Waals surface area contributed by atoms with E-state index in [1.807, 2.05) is 6.92 Å². The highest BCUT2D eigenvalue weighted by Gasteiger charge is 2.09. The van der Waals surface area contributed by atoms with Gasteiger partial charge in [0.1, 0.15) is 5.69 Å². The number of hydrogen-bond donors (Lipinski definition) is 2. The number of anilines is 1. The van der Waals surface area contributed by atoms with Crippen molar-refractivity contribution in [3.8, 4) is 0 Å². The number of nitrogens with zero attached hydrogens (tertiary/aromatic N) is 3. The lowest BCUT2D eigenvalue weighted by Crippen LogP contribution is -2.22. The average Bonchev–Trinajstić information content (AvgIpc) is 2.57. The molecular formula is C16H16ClN5O2. The lowest BCUT2D eigenvalue weighted by molar-refractivity contribution is -0.115. The van der Waals surface area contributed by atoms with E-state index in [1.54, 1.807) is 25.1 Å². The van der Waals surface area contributed by atoms with Gasteiger partial charge in [-0.2, -0.15) is 5.10 Å². The summed E-state index contributed by atoms with van der Waals surface area (Å²) in [4.78, 5) is 31.5. The Morgan fingerprint density at radius 3 is 2.79 bits per heavy atom. The van der Waals surface area contributed by atoms with Gasteiger partial charge in [0.2, 0.25) is 5.91 Å². The predicted octanol–water partition coefficient (Wildman–Crippen LogP) is 2.57. The van der Waals surface area contributed by atoms with E-state index in [1.165, 1.54) is 18.6 Å². The minimum absolute atomic E-state index is 0.0344. The zero-order chi connectivity index (χ0) is 17.5. The fourth-order valence-corrected chi connectivity index (χ4v) is 2.00. The molecule has 1 aromatic carbocycles. The van der Waals surface area contributed by atoms with E-state index < -0.39 is 5.91 Å². The van der Waals surface area contributed by atoms with Crippen molar-refractivity contribution >= 4 is 34.8 Å². The standard InChI is InChI=1S/C16H16ClN5O2/c1-10(21-22-16(24)14-9-18-6-7-19-14)8-15(23)20-13-5-3-4-12(17)11(13)2/h3-7,9H,8H2,1-2H3,(H,20,23)(H,22,24). The van der Waals surface area contributed by atoms with Crippen molar-refractivity contribution < 1.29 is 9.59 Å². The number of hydrazone groups is 1. The summed E-state index contributed by atoms with van der Waals surface area (Å²) < 4.78 is 0. The zero-order valence-electron chi connectivity index (χ0n) is 13.2. The summed E-state index contributed by atoms with van der Waals surface area (Å²) in [6.45, 7) is 3.46. The fourth-order valence-electron chi connectivity index (χ4n) is 1.83. The maximum Gasteiger partial charge on any atom is 0.291 e. The highest BCUT2D eigenvalue weighted by Crippen LogP contribution is 2.22. The van der Waals surface area contributed by atoms with E-state index >= 15 is 0 Å². The Labute approximate surface area is 144 Å². The molecule has 1 aromatic heterocycles. The van der Waals surface area contributed by atoms with Crippen molar-refractivity contribution in [1.82, 2.24) is 15.4 Å². The van der Waals surface area contributed by atoms with Crippen molar-refractivity contribution in [2.45, 2.75) is 20.3 Å². The highest BCUT2D eigenvalue weighted by molar-refractivity contribution is 6.31. The number of aromatic nitrogens is 2. The smallest absolute Gasteiger partial charge is 0.291 e. The molecule has 124 valence electrons. The number of nitrogens with one attached hydrogen (secondary N) is 2. The largest absolute Gasteiger partial charge is 0.325 e. The van der Waals surface area contributed by atoms with Gasteiger partial charge in [0.15, 0.2) is 0 Å².